The lowest BCUT2D eigenvalue weighted by atomic mass is 10.0. The first kappa shape index (κ1) is 16.5. The molecule has 1 amide bonds. The minimum atomic E-state index is -3.02. The summed E-state index contributed by atoms with van der Waals surface area (Å²) in [6.07, 6.45) is 6.27. The van der Waals surface area contributed by atoms with Gasteiger partial charge in [0.2, 0.25) is 5.91 Å². The molecule has 0 aromatic carbocycles. The number of carbonyl (C=O) groups is 1. The third-order valence-electron chi connectivity index (χ3n) is 4.90. The van der Waals surface area contributed by atoms with Gasteiger partial charge in [0.1, 0.15) is 5.82 Å². The maximum Gasteiger partial charge on any atom is 0.226 e. The molecule has 128 valence electrons. The van der Waals surface area contributed by atoms with Gasteiger partial charge < -0.3 is 9.47 Å². The standard InChI is InChI=1S/C16H25N3O3S/c1-12(2)15-17-6-8-19(15)14-4-3-7-18(10-14)16(20)13-5-9-23(21,22)11-13/h6,8,12-14H,3-5,7,9-11H2,1-2H3/t13-,14+/m1/s1. The molecule has 6 nitrogen and oxygen atoms in total. The smallest absolute Gasteiger partial charge is 0.226 e. The molecule has 1 aromatic rings. The molecule has 0 N–H and O–H groups in total. The zero-order chi connectivity index (χ0) is 16.6. The number of hydrogen-bond donors (Lipinski definition) is 0. The zero-order valence-electron chi connectivity index (χ0n) is 13.8. The van der Waals surface area contributed by atoms with Crippen molar-refractivity contribution in [3.63, 3.8) is 0 Å². The minimum absolute atomic E-state index is 0.0157. The lowest BCUT2D eigenvalue weighted by molar-refractivity contribution is -0.136. The van der Waals surface area contributed by atoms with E-state index in [9.17, 15) is 13.2 Å². The molecule has 2 fully saturated rings. The predicted octanol–water partition coefficient (Wildman–Crippen LogP) is 1.60. The summed E-state index contributed by atoms with van der Waals surface area (Å²) in [4.78, 5) is 19.0. The Morgan fingerprint density at radius 1 is 1.35 bits per heavy atom. The molecule has 2 saturated heterocycles. The van der Waals surface area contributed by atoms with E-state index in [2.05, 4.69) is 23.4 Å². The molecule has 0 radical (unpaired) electrons. The van der Waals surface area contributed by atoms with Gasteiger partial charge >= 0.3 is 0 Å². The molecule has 0 unspecified atom stereocenters. The highest BCUT2D eigenvalue weighted by molar-refractivity contribution is 7.91. The summed E-state index contributed by atoms with van der Waals surface area (Å²) in [6.45, 7) is 5.63. The Hall–Kier alpha value is -1.37. The summed E-state index contributed by atoms with van der Waals surface area (Å²) in [5.74, 6) is 1.24. The first-order chi connectivity index (χ1) is 10.9. The number of imidazole rings is 1. The molecule has 2 atom stereocenters. The van der Waals surface area contributed by atoms with Gasteiger partial charge in [0.15, 0.2) is 9.84 Å². The third-order valence-corrected chi connectivity index (χ3v) is 6.67. The van der Waals surface area contributed by atoms with Crippen LogP contribution < -0.4 is 0 Å². The van der Waals surface area contributed by atoms with Crippen LogP contribution in [-0.2, 0) is 14.6 Å². The van der Waals surface area contributed by atoms with E-state index in [4.69, 9.17) is 0 Å². The lowest BCUT2D eigenvalue weighted by Gasteiger charge is -2.35. The highest BCUT2D eigenvalue weighted by Gasteiger charge is 2.37. The average Bonchev–Trinajstić information content (AvgIpc) is 3.13. The van der Waals surface area contributed by atoms with Gasteiger partial charge in [-0.25, -0.2) is 13.4 Å². The van der Waals surface area contributed by atoms with Gasteiger partial charge in [0, 0.05) is 31.4 Å². The maximum absolute atomic E-state index is 12.7. The zero-order valence-corrected chi connectivity index (χ0v) is 14.6. The first-order valence-corrected chi connectivity index (χ1v) is 10.2. The number of nitrogens with zero attached hydrogens (tertiary/aromatic N) is 3. The molecule has 2 aliphatic heterocycles. The Labute approximate surface area is 137 Å². The van der Waals surface area contributed by atoms with Crippen LogP contribution in [0.4, 0.5) is 0 Å². The van der Waals surface area contributed by atoms with Crippen LogP contribution in [0.25, 0.3) is 0 Å². The molecule has 23 heavy (non-hydrogen) atoms. The van der Waals surface area contributed by atoms with Gasteiger partial charge in [-0.1, -0.05) is 13.8 Å². The van der Waals surface area contributed by atoms with Crippen molar-refractivity contribution in [3.05, 3.63) is 18.2 Å². The fraction of sp³-hybridized carbons (Fsp3) is 0.750. The van der Waals surface area contributed by atoms with Crippen LogP contribution in [0.2, 0.25) is 0 Å². The minimum Gasteiger partial charge on any atom is -0.340 e. The molecule has 7 heteroatoms. The Bertz CT molecular complexity index is 680. The highest BCUT2D eigenvalue weighted by atomic mass is 32.2. The molecular formula is C16H25N3O3S. The van der Waals surface area contributed by atoms with Crippen molar-refractivity contribution in [3.8, 4) is 0 Å². The summed E-state index contributed by atoms with van der Waals surface area (Å²) in [6, 6.07) is 0.241. The van der Waals surface area contributed by atoms with Gasteiger partial charge in [-0.3, -0.25) is 4.79 Å². The van der Waals surface area contributed by atoms with Crippen LogP contribution in [0.1, 0.15) is 50.9 Å². The summed E-state index contributed by atoms with van der Waals surface area (Å²) in [5.41, 5.74) is 0. The van der Waals surface area contributed by atoms with E-state index >= 15 is 0 Å². The normalized spacial score (nSPS) is 27.5. The molecule has 0 bridgehead atoms. The summed E-state index contributed by atoms with van der Waals surface area (Å²) in [5, 5.41) is 0. The highest BCUT2D eigenvalue weighted by Crippen LogP contribution is 2.28. The van der Waals surface area contributed by atoms with Crippen LogP contribution in [0.5, 0.6) is 0 Å². The van der Waals surface area contributed by atoms with Crippen molar-refractivity contribution in [2.24, 2.45) is 5.92 Å². The van der Waals surface area contributed by atoms with Crippen LogP contribution in [0.15, 0.2) is 12.4 Å². The van der Waals surface area contributed by atoms with E-state index in [1.807, 2.05) is 17.3 Å². The van der Waals surface area contributed by atoms with Crippen molar-refractivity contribution >= 4 is 15.7 Å². The first-order valence-electron chi connectivity index (χ1n) is 8.39. The largest absolute Gasteiger partial charge is 0.340 e. The average molecular weight is 339 g/mol. The molecule has 1 aromatic heterocycles. The van der Waals surface area contributed by atoms with Crippen molar-refractivity contribution in [2.75, 3.05) is 24.6 Å². The molecule has 0 saturated carbocycles. The van der Waals surface area contributed by atoms with Gasteiger partial charge in [-0.15, -0.1) is 0 Å². The second-order valence-electron chi connectivity index (χ2n) is 7.03. The lowest BCUT2D eigenvalue weighted by Crippen LogP contribution is -2.44. The number of likely N-dealkylation sites (tertiary alicyclic amines) is 1. The Morgan fingerprint density at radius 2 is 2.13 bits per heavy atom. The van der Waals surface area contributed by atoms with Crippen molar-refractivity contribution in [1.29, 1.82) is 0 Å². The van der Waals surface area contributed by atoms with E-state index < -0.39 is 9.84 Å². The Balaban J connectivity index is 1.71. The number of hydrogen-bond acceptors (Lipinski definition) is 4. The predicted molar refractivity (Wildman–Crippen MR) is 87.9 cm³/mol. The van der Waals surface area contributed by atoms with Crippen LogP contribution in [0, 0.1) is 5.92 Å². The quantitative estimate of drug-likeness (QED) is 0.838. The number of piperidine rings is 1. The molecule has 2 aliphatic rings. The van der Waals surface area contributed by atoms with E-state index in [0.29, 0.717) is 18.9 Å². The molecule has 3 rings (SSSR count). The molecule has 0 aliphatic carbocycles. The molecular weight excluding hydrogens is 314 g/mol. The number of rotatable bonds is 3. The van der Waals surface area contributed by atoms with Gasteiger partial charge in [-0.05, 0) is 19.3 Å². The summed E-state index contributed by atoms with van der Waals surface area (Å²) in [7, 11) is -3.02. The SMILES string of the molecule is CC(C)c1nccn1[C@H]1CCCN(C(=O)[C@@H]2CCS(=O)(=O)C2)C1. The monoisotopic (exact) mass is 339 g/mol. The Morgan fingerprint density at radius 3 is 2.78 bits per heavy atom. The number of sulfone groups is 1. The van der Waals surface area contributed by atoms with Gasteiger partial charge in [0.05, 0.1) is 23.5 Å². The van der Waals surface area contributed by atoms with Crippen LogP contribution in [-0.4, -0.2) is 53.4 Å². The summed E-state index contributed by atoms with van der Waals surface area (Å²) < 4.78 is 25.4. The van der Waals surface area contributed by atoms with Gasteiger partial charge in [0.25, 0.3) is 0 Å². The van der Waals surface area contributed by atoms with Crippen molar-refractivity contribution in [1.82, 2.24) is 14.5 Å². The van der Waals surface area contributed by atoms with E-state index in [0.717, 1.165) is 25.2 Å². The third kappa shape index (κ3) is 3.44. The van der Waals surface area contributed by atoms with E-state index in [-0.39, 0.29) is 29.4 Å². The van der Waals surface area contributed by atoms with Crippen LogP contribution >= 0.6 is 0 Å². The second kappa shape index (κ2) is 6.26. The van der Waals surface area contributed by atoms with E-state index in [1.165, 1.54) is 0 Å². The topological polar surface area (TPSA) is 72.3 Å². The fourth-order valence-corrected chi connectivity index (χ4v) is 5.44. The summed E-state index contributed by atoms with van der Waals surface area (Å²) >= 11 is 0. The van der Waals surface area contributed by atoms with Crippen molar-refractivity contribution < 1.29 is 13.2 Å². The maximum atomic E-state index is 12.7. The van der Waals surface area contributed by atoms with Gasteiger partial charge in [-0.2, -0.15) is 0 Å². The van der Waals surface area contributed by atoms with Crippen molar-refractivity contribution in [2.45, 2.75) is 45.1 Å². The Kier molecular flexibility index (Phi) is 4.49. The van der Waals surface area contributed by atoms with E-state index in [1.54, 1.807) is 0 Å². The number of amides is 1. The number of carbonyl (C=O) groups excluding carboxylic acids is 1. The fourth-order valence-electron chi connectivity index (χ4n) is 3.71. The van der Waals surface area contributed by atoms with Crippen LogP contribution in [0.3, 0.4) is 0 Å². The molecule has 0 spiro atoms. The molecule has 3 heterocycles. The second-order valence-corrected chi connectivity index (χ2v) is 9.26. The number of aromatic nitrogens is 2.